The highest BCUT2D eigenvalue weighted by Gasteiger charge is 2.06. The lowest BCUT2D eigenvalue weighted by atomic mass is 10.1. The van der Waals surface area contributed by atoms with Gasteiger partial charge in [-0.3, -0.25) is 4.79 Å². The third kappa shape index (κ3) is 4.60. The summed E-state index contributed by atoms with van der Waals surface area (Å²) in [5.74, 6) is 1.67. The van der Waals surface area contributed by atoms with Crippen LogP contribution in [0, 0.1) is 0 Å². The summed E-state index contributed by atoms with van der Waals surface area (Å²) >= 11 is 0. The summed E-state index contributed by atoms with van der Waals surface area (Å²) < 4.78 is 15.9. The van der Waals surface area contributed by atoms with E-state index in [-0.39, 0.29) is 12.5 Å². The summed E-state index contributed by atoms with van der Waals surface area (Å²) in [6.45, 7) is 0.463. The number of para-hydroxylation sites is 1. The van der Waals surface area contributed by atoms with E-state index in [0.717, 1.165) is 16.9 Å². The van der Waals surface area contributed by atoms with E-state index in [1.807, 2.05) is 24.3 Å². The molecule has 0 radical (unpaired) electrons. The molecule has 0 fully saturated rings. The molecule has 1 heterocycles. The Bertz CT molecular complexity index is 832. The lowest BCUT2D eigenvalue weighted by Gasteiger charge is -2.10. The number of benzene rings is 2. The van der Waals surface area contributed by atoms with Gasteiger partial charge in [-0.1, -0.05) is 18.2 Å². The fraction of sp³-hybridized carbons (Fsp3) is 0.211. The number of hydrogen-bond acceptors (Lipinski definition) is 6. The molecule has 0 aliphatic carbocycles. The molecule has 3 rings (SSSR count). The van der Waals surface area contributed by atoms with Crippen molar-refractivity contribution in [2.45, 2.75) is 6.42 Å². The molecule has 0 atom stereocenters. The monoisotopic (exact) mass is 353 g/mol. The standard InChI is InChI=1S/C19H19N3O4/c1-24-17-5-3-2-4-14(17)10-11-20-18(23)12-25-16-8-6-15(7-9-16)19-22-21-13-26-19/h2-9,13H,10-12H2,1H3,(H,20,23). The second-order valence-electron chi connectivity index (χ2n) is 5.47. The molecule has 0 aliphatic rings. The lowest BCUT2D eigenvalue weighted by Crippen LogP contribution is -2.30. The number of carbonyl (C=O) groups excluding carboxylic acids is 1. The van der Waals surface area contributed by atoms with Gasteiger partial charge < -0.3 is 19.2 Å². The van der Waals surface area contributed by atoms with Gasteiger partial charge >= 0.3 is 0 Å². The van der Waals surface area contributed by atoms with Crippen LogP contribution in [0.3, 0.4) is 0 Å². The predicted molar refractivity (Wildman–Crippen MR) is 94.9 cm³/mol. The van der Waals surface area contributed by atoms with Gasteiger partial charge in [0.2, 0.25) is 12.3 Å². The Labute approximate surface area is 151 Å². The van der Waals surface area contributed by atoms with Crippen LogP contribution in [0.2, 0.25) is 0 Å². The van der Waals surface area contributed by atoms with Crippen molar-refractivity contribution in [3.05, 3.63) is 60.5 Å². The fourth-order valence-corrected chi connectivity index (χ4v) is 2.44. The molecule has 2 aromatic carbocycles. The second kappa shape index (κ2) is 8.66. The zero-order valence-electron chi connectivity index (χ0n) is 14.3. The number of hydrogen-bond donors (Lipinski definition) is 1. The summed E-state index contributed by atoms with van der Waals surface area (Å²) in [6.07, 6.45) is 1.96. The minimum absolute atomic E-state index is 0.0498. The van der Waals surface area contributed by atoms with Gasteiger partial charge in [-0.05, 0) is 42.3 Å². The first-order chi connectivity index (χ1) is 12.8. The van der Waals surface area contributed by atoms with Crippen LogP contribution >= 0.6 is 0 Å². The first kappa shape index (κ1) is 17.5. The highest BCUT2D eigenvalue weighted by molar-refractivity contribution is 5.77. The van der Waals surface area contributed by atoms with Crippen molar-refractivity contribution in [1.82, 2.24) is 15.5 Å². The highest BCUT2D eigenvalue weighted by atomic mass is 16.5. The number of nitrogens with zero attached hydrogens (tertiary/aromatic N) is 2. The van der Waals surface area contributed by atoms with Crippen molar-refractivity contribution in [3.8, 4) is 23.0 Å². The average molecular weight is 353 g/mol. The molecule has 0 saturated carbocycles. The topological polar surface area (TPSA) is 86.5 Å². The van der Waals surface area contributed by atoms with Gasteiger partial charge in [0.15, 0.2) is 6.61 Å². The van der Waals surface area contributed by atoms with Crippen molar-refractivity contribution in [2.24, 2.45) is 0 Å². The van der Waals surface area contributed by atoms with E-state index < -0.39 is 0 Å². The Morgan fingerprint density at radius 2 is 1.96 bits per heavy atom. The largest absolute Gasteiger partial charge is 0.496 e. The molecule has 134 valence electrons. The molecular formula is C19H19N3O4. The Morgan fingerprint density at radius 3 is 2.69 bits per heavy atom. The minimum Gasteiger partial charge on any atom is -0.496 e. The van der Waals surface area contributed by atoms with Crippen molar-refractivity contribution in [2.75, 3.05) is 20.3 Å². The molecular weight excluding hydrogens is 334 g/mol. The molecule has 0 unspecified atom stereocenters. The van der Waals surface area contributed by atoms with Crippen LogP contribution in [0.1, 0.15) is 5.56 Å². The van der Waals surface area contributed by atoms with Crippen molar-refractivity contribution >= 4 is 5.91 Å². The Kier molecular flexibility index (Phi) is 5.82. The van der Waals surface area contributed by atoms with Gasteiger partial charge in [0.1, 0.15) is 11.5 Å². The number of carbonyl (C=O) groups is 1. The molecule has 7 nitrogen and oxygen atoms in total. The third-order valence-corrected chi connectivity index (χ3v) is 3.74. The van der Waals surface area contributed by atoms with Gasteiger partial charge in [0.25, 0.3) is 5.91 Å². The molecule has 0 saturated heterocycles. The van der Waals surface area contributed by atoms with Crippen LogP contribution in [-0.2, 0) is 11.2 Å². The van der Waals surface area contributed by atoms with Gasteiger partial charge in [0, 0.05) is 12.1 Å². The molecule has 26 heavy (non-hydrogen) atoms. The van der Waals surface area contributed by atoms with E-state index in [9.17, 15) is 4.79 Å². The van der Waals surface area contributed by atoms with Crippen molar-refractivity contribution in [3.63, 3.8) is 0 Å². The normalized spacial score (nSPS) is 10.3. The van der Waals surface area contributed by atoms with Crippen LogP contribution in [0.25, 0.3) is 11.5 Å². The number of amides is 1. The van der Waals surface area contributed by atoms with Crippen LogP contribution in [0.5, 0.6) is 11.5 Å². The maximum absolute atomic E-state index is 11.9. The summed E-state index contributed by atoms with van der Waals surface area (Å²) in [5, 5.41) is 10.3. The number of rotatable bonds is 8. The molecule has 1 aromatic heterocycles. The van der Waals surface area contributed by atoms with Gasteiger partial charge in [-0.15, -0.1) is 10.2 Å². The van der Waals surface area contributed by atoms with E-state index in [0.29, 0.717) is 24.6 Å². The summed E-state index contributed by atoms with van der Waals surface area (Å²) in [4.78, 5) is 11.9. The van der Waals surface area contributed by atoms with Crippen LogP contribution in [0.4, 0.5) is 0 Å². The lowest BCUT2D eigenvalue weighted by molar-refractivity contribution is -0.123. The summed E-state index contributed by atoms with van der Waals surface area (Å²) in [5.41, 5.74) is 1.84. The predicted octanol–water partition coefficient (Wildman–Crippen LogP) is 2.48. The van der Waals surface area contributed by atoms with E-state index in [1.165, 1.54) is 6.39 Å². The molecule has 0 aliphatic heterocycles. The first-order valence-corrected chi connectivity index (χ1v) is 8.14. The van der Waals surface area contributed by atoms with E-state index >= 15 is 0 Å². The van der Waals surface area contributed by atoms with E-state index in [1.54, 1.807) is 31.4 Å². The number of aromatic nitrogens is 2. The van der Waals surface area contributed by atoms with Gasteiger partial charge in [0.05, 0.1) is 7.11 Å². The molecule has 0 spiro atoms. The fourth-order valence-electron chi connectivity index (χ4n) is 2.44. The van der Waals surface area contributed by atoms with Crippen LogP contribution in [0.15, 0.2) is 59.3 Å². The zero-order valence-corrected chi connectivity index (χ0v) is 14.3. The minimum atomic E-state index is -0.180. The van der Waals surface area contributed by atoms with E-state index in [2.05, 4.69) is 15.5 Å². The SMILES string of the molecule is COc1ccccc1CCNC(=O)COc1ccc(-c2nnco2)cc1. The Morgan fingerprint density at radius 1 is 1.15 bits per heavy atom. The maximum Gasteiger partial charge on any atom is 0.257 e. The average Bonchev–Trinajstić information content (AvgIpc) is 3.22. The zero-order chi connectivity index (χ0) is 18.2. The molecule has 1 amide bonds. The summed E-state index contributed by atoms with van der Waals surface area (Å²) in [7, 11) is 1.63. The molecule has 1 N–H and O–H groups in total. The number of nitrogens with one attached hydrogen (secondary N) is 1. The number of ether oxygens (including phenoxy) is 2. The van der Waals surface area contributed by atoms with Gasteiger partial charge in [-0.25, -0.2) is 0 Å². The van der Waals surface area contributed by atoms with Crippen molar-refractivity contribution < 1.29 is 18.7 Å². The maximum atomic E-state index is 11.9. The molecule has 0 bridgehead atoms. The second-order valence-corrected chi connectivity index (χ2v) is 5.47. The van der Waals surface area contributed by atoms with Gasteiger partial charge in [-0.2, -0.15) is 0 Å². The Hall–Kier alpha value is -3.35. The van der Waals surface area contributed by atoms with Crippen LogP contribution < -0.4 is 14.8 Å². The molecule has 7 heteroatoms. The molecule has 3 aromatic rings. The third-order valence-electron chi connectivity index (χ3n) is 3.74. The van der Waals surface area contributed by atoms with Crippen LogP contribution in [-0.4, -0.2) is 36.4 Å². The highest BCUT2D eigenvalue weighted by Crippen LogP contribution is 2.20. The summed E-state index contributed by atoms with van der Waals surface area (Å²) in [6, 6.07) is 14.8. The quantitative estimate of drug-likeness (QED) is 0.669. The van der Waals surface area contributed by atoms with E-state index in [4.69, 9.17) is 13.9 Å². The van der Waals surface area contributed by atoms with Crippen molar-refractivity contribution in [1.29, 1.82) is 0 Å². The first-order valence-electron chi connectivity index (χ1n) is 8.14. The smallest absolute Gasteiger partial charge is 0.257 e. The Balaban J connectivity index is 1.42. The number of methoxy groups -OCH3 is 1.